The van der Waals surface area contributed by atoms with Gasteiger partial charge >= 0.3 is 0 Å². The van der Waals surface area contributed by atoms with Crippen LogP contribution in [-0.2, 0) is 20.5 Å². The van der Waals surface area contributed by atoms with Gasteiger partial charge in [0.25, 0.3) is 0 Å². The topological polar surface area (TPSA) is 58.6 Å². The van der Waals surface area contributed by atoms with Gasteiger partial charge in [0, 0.05) is 31.2 Å². The highest BCUT2D eigenvalue weighted by molar-refractivity contribution is 7.88. The number of nitrogens with zero attached hydrogens (tertiary/aromatic N) is 1. The zero-order valence-corrected chi connectivity index (χ0v) is 16.5. The number of hydrogen-bond acceptors (Lipinski definition) is 4. The van der Waals surface area contributed by atoms with Gasteiger partial charge in [-0.25, -0.2) is 21.9 Å². The van der Waals surface area contributed by atoms with Crippen LogP contribution >= 0.6 is 0 Å². The maximum atomic E-state index is 13.8. The van der Waals surface area contributed by atoms with Gasteiger partial charge in [0.1, 0.15) is 11.6 Å². The van der Waals surface area contributed by atoms with Crippen LogP contribution in [0.5, 0.6) is 0 Å². The second-order valence-corrected chi connectivity index (χ2v) is 8.72. The van der Waals surface area contributed by atoms with Crippen LogP contribution < -0.4 is 4.72 Å². The highest BCUT2D eigenvalue weighted by Crippen LogP contribution is 2.22. The summed E-state index contributed by atoms with van der Waals surface area (Å²) in [5.74, 6) is -2.02. The first-order valence-electron chi connectivity index (χ1n) is 9.14. The Kier molecular flexibility index (Phi) is 6.77. The lowest BCUT2D eigenvalue weighted by atomic mass is 10.0. The predicted octanol–water partition coefficient (Wildman–Crippen LogP) is 2.77. The molecule has 0 saturated carbocycles. The van der Waals surface area contributed by atoms with Crippen LogP contribution in [0.4, 0.5) is 8.78 Å². The number of ether oxygens (including phenoxy) is 1. The maximum absolute atomic E-state index is 13.8. The third-order valence-electron chi connectivity index (χ3n) is 4.80. The van der Waals surface area contributed by atoms with Gasteiger partial charge in [0.05, 0.1) is 19.0 Å². The van der Waals surface area contributed by atoms with E-state index in [4.69, 9.17) is 4.74 Å². The summed E-state index contributed by atoms with van der Waals surface area (Å²) < 4.78 is 60.1. The average molecular weight is 410 g/mol. The number of benzene rings is 2. The Balaban J connectivity index is 1.74. The molecule has 0 bridgehead atoms. The van der Waals surface area contributed by atoms with Crippen molar-refractivity contribution in [2.45, 2.75) is 18.7 Å². The quantitative estimate of drug-likeness (QED) is 0.763. The molecule has 1 aliphatic rings. The second-order valence-electron chi connectivity index (χ2n) is 6.92. The van der Waals surface area contributed by atoms with Crippen molar-refractivity contribution in [1.29, 1.82) is 0 Å². The minimum atomic E-state index is -3.84. The summed E-state index contributed by atoms with van der Waals surface area (Å²) in [6.07, 6.45) is 0. The number of nitrogens with one attached hydrogen (secondary N) is 1. The molecule has 0 unspecified atom stereocenters. The molecule has 8 heteroatoms. The van der Waals surface area contributed by atoms with Gasteiger partial charge in [0.15, 0.2) is 0 Å². The van der Waals surface area contributed by atoms with Crippen LogP contribution in [0.15, 0.2) is 42.5 Å². The normalized spacial score (nSPS) is 16.8. The van der Waals surface area contributed by atoms with E-state index in [0.717, 1.165) is 29.3 Å². The Morgan fingerprint density at radius 2 is 1.79 bits per heavy atom. The molecule has 2 aromatic carbocycles. The molecule has 3 rings (SSSR count). The van der Waals surface area contributed by atoms with Gasteiger partial charge < -0.3 is 4.74 Å². The first-order chi connectivity index (χ1) is 13.3. The number of sulfonamides is 1. The molecule has 1 N–H and O–H groups in total. The van der Waals surface area contributed by atoms with E-state index in [1.807, 2.05) is 31.2 Å². The molecule has 1 atom stereocenters. The molecule has 1 aliphatic heterocycles. The SMILES string of the molecule is Cc1ccc([C@H](CNS(=O)(=O)Cc2cc(F)ccc2F)N2CCOCC2)cc1. The fourth-order valence-corrected chi connectivity index (χ4v) is 4.40. The maximum Gasteiger partial charge on any atom is 0.215 e. The molecule has 1 saturated heterocycles. The lowest BCUT2D eigenvalue weighted by Crippen LogP contribution is -2.44. The largest absolute Gasteiger partial charge is 0.379 e. The fraction of sp³-hybridized carbons (Fsp3) is 0.400. The zero-order chi connectivity index (χ0) is 20.1. The summed E-state index contributed by atoms with van der Waals surface area (Å²) in [6.45, 7) is 4.69. The second kappa shape index (κ2) is 9.09. The summed E-state index contributed by atoms with van der Waals surface area (Å²) in [6, 6.07) is 10.6. The van der Waals surface area contributed by atoms with Crippen LogP contribution in [0, 0.1) is 18.6 Å². The molecule has 0 radical (unpaired) electrons. The third kappa shape index (κ3) is 5.57. The van der Waals surface area contributed by atoms with Gasteiger partial charge in [-0.15, -0.1) is 0 Å². The first kappa shape index (κ1) is 20.9. The number of aryl methyl sites for hydroxylation is 1. The summed E-state index contributed by atoms with van der Waals surface area (Å²) >= 11 is 0. The Labute approximate surface area is 164 Å². The highest BCUT2D eigenvalue weighted by atomic mass is 32.2. The van der Waals surface area contributed by atoms with Gasteiger partial charge in [-0.3, -0.25) is 4.90 Å². The minimum Gasteiger partial charge on any atom is -0.379 e. The van der Waals surface area contributed by atoms with E-state index >= 15 is 0 Å². The van der Waals surface area contributed by atoms with Crippen molar-refractivity contribution < 1.29 is 21.9 Å². The van der Waals surface area contributed by atoms with E-state index < -0.39 is 27.4 Å². The van der Waals surface area contributed by atoms with E-state index in [2.05, 4.69) is 9.62 Å². The first-order valence-corrected chi connectivity index (χ1v) is 10.8. The van der Waals surface area contributed by atoms with Gasteiger partial charge in [-0.1, -0.05) is 29.8 Å². The summed E-state index contributed by atoms with van der Waals surface area (Å²) in [5, 5.41) is 0. The standard InChI is InChI=1S/C20H24F2N2O3S/c1-15-2-4-16(5-3-15)20(24-8-10-27-11-9-24)13-23-28(25,26)14-17-12-18(21)6-7-19(17)22/h2-7,12,20,23H,8-11,13-14H2,1H3/t20-/m0/s1. The molecular formula is C20H24F2N2O3S. The minimum absolute atomic E-state index is 0.141. The Morgan fingerprint density at radius 3 is 2.46 bits per heavy atom. The smallest absolute Gasteiger partial charge is 0.215 e. The van der Waals surface area contributed by atoms with Crippen molar-refractivity contribution in [1.82, 2.24) is 9.62 Å². The van der Waals surface area contributed by atoms with Gasteiger partial charge in [-0.2, -0.15) is 0 Å². The third-order valence-corrected chi connectivity index (χ3v) is 6.10. The van der Waals surface area contributed by atoms with Gasteiger partial charge in [0.2, 0.25) is 10.0 Å². The molecule has 1 heterocycles. The van der Waals surface area contributed by atoms with Crippen LogP contribution in [0.1, 0.15) is 22.7 Å². The van der Waals surface area contributed by atoms with Crippen molar-refractivity contribution in [2.24, 2.45) is 0 Å². The molecule has 28 heavy (non-hydrogen) atoms. The van der Waals surface area contributed by atoms with Crippen LogP contribution in [0.25, 0.3) is 0 Å². The van der Waals surface area contributed by atoms with Crippen molar-refractivity contribution in [3.05, 3.63) is 70.8 Å². The zero-order valence-electron chi connectivity index (χ0n) is 15.7. The van der Waals surface area contributed by atoms with E-state index in [9.17, 15) is 17.2 Å². The van der Waals surface area contributed by atoms with Crippen LogP contribution in [0.3, 0.4) is 0 Å². The van der Waals surface area contributed by atoms with Crippen molar-refractivity contribution in [3.8, 4) is 0 Å². The lowest BCUT2D eigenvalue weighted by Gasteiger charge is -2.35. The highest BCUT2D eigenvalue weighted by Gasteiger charge is 2.25. The molecule has 152 valence electrons. The fourth-order valence-electron chi connectivity index (χ4n) is 3.25. The number of morpholine rings is 1. The summed E-state index contributed by atoms with van der Waals surface area (Å²) in [4.78, 5) is 2.17. The van der Waals surface area contributed by atoms with E-state index in [-0.39, 0.29) is 18.2 Å². The van der Waals surface area contributed by atoms with E-state index in [1.54, 1.807) is 0 Å². The predicted molar refractivity (Wildman–Crippen MR) is 103 cm³/mol. The Bertz CT molecular complexity index is 898. The monoisotopic (exact) mass is 410 g/mol. The molecule has 0 aromatic heterocycles. The summed E-state index contributed by atoms with van der Waals surface area (Å²) in [5.41, 5.74) is 1.92. The van der Waals surface area contributed by atoms with Crippen LogP contribution in [0.2, 0.25) is 0 Å². The van der Waals surface area contributed by atoms with Crippen molar-refractivity contribution in [2.75, 3.05) is 32.8 Å². The van der Waals surface area contributed by atoms with Gasteiger partial charge in [-0.05, 0) is 30.7 Å². The molecule has 0 amide bonds. The lowest BCUT2D eigenvalue weighted by molar-refractivity contribution is 0.0172. The Hall–Kier alpha value is -1.87. The van der Waals surface area contributed by atoms with E-state index in [1.165, 1.54) is 0 Å². The number of hydrogen-bond donors (Lipinski definition) is 1. The number of halogens is 2. The Morgan fingerprint density at radius 1 is 1.11 bits per heavy atom. The molecule has 5 nitrogen and oxygen atoms in total. The number of rotatable bonds is 7. The van der Waals surface area contributed by atoms with Crippen LogP contribution in [-0.4, -0.2) is 46.2 Å². The molecule has 2 aromatic rings. The molecule has 1 fully saturated rings. The average Bonchev–Trinajstić information content (AvgIpc) is 2.67. The molecule has 0 spiro atoms. The molecule has 0 aliphatic carbocycles. The van der Waals surface area contributed by atoms with E-state index in [0.29, 0.717) is 26.3 Å². The molecular weight excluding hydrogens is 386 g/mol. The van der Waals surface area contributed by atoms with Crippen molar-refractivity contribution in [3.63, 3.8) is 0 Å². The van der Waals surface area contributed by atoms with Crippen molar-refractivity contribution >= 4 is 10.0 Å². The summed E-state index contributed by atoms with van der Waals surface area (Å²) in [7, 11) is -3.84.